The van der Waals surface area contributed by atoms with Gasteiger partial charge < -0.3 is 10.0 Å². The van der Waals surface area contributed by atoms with Crippen LogP contribution >= 0.6 is 0 Å². The first-order valence-electron chi connectivity index (χ1n) is 9.42. The van der Waals surface area contributed by atoms with E-state index in [2.05, 4.69) is 71.3 Å². The Balaban J connectivity index is 1.57. The fourth-order valence-electron chi connectivity index (χ4n) is 3.73. The van der Waals surface area contributed by atoms with Crippen LogP contribution in [0.15, 0.2) is 54.6 Å². The highest BCUT2D eigenvalue weighted by Gasteiger charge is 2.26. The molecule has 0 radical (unpaired) electrons. The SMILES string of the molecule is Cc1ccccc1CN1CCN(CCc2ccccc2)CC1CCO. The van der Waals surface area contributed by atoms with Crippen molar-refractivity contribution in [2.24, 2.45) is 0 Å². The molecule has 0 spiro atoms. The second-order valence-corrected chi connectivity index (χ2v) is 7.10. The average Bonchev–Trinajstić information content (AvgIpc) is 2.65. The zero-order valence-electron chi connectivity index (χ0n) is 15.3. The highest BCUT2D eigenvalue weighted by atomic mass is 16.3. The monoisotopic (exact) mass is 338 g/mol. The lowest BCUT2D eigenvalue weighted by Crippen LogP contribution is -2.53. The highest BCUT2D eigenvalue weighted by Crippen LogP contribution is 2.18. The quantitative estimate of drug-likeness (QED) is 0.840. The van der Waals surface area contributed by atoms with Gasteiger partial charge in [-0.2, -0.15) is 0 Å². The summed E-state index contributed by atoms with van der Waals surface area (Å²) in [5, 5.41) is 9.51. The van der Waals surface area contributed by atoms with Gasteiger partial charge in [0.25, 0.3) is 0 Å². The smallest absolute Gasteiger partial charge is 0.0446 e. The number of aliphatic hydroxyl groups is 1. The molecule has 0 aliphatic carbocycles. The van der Waals surface area contributed by atoms with E-state index in [4.69, 9.17) is 0 Å². The van der Waals surface area contributed by atoms with Gasteiger partial charge in [0.2, 0.25) is 0 Å². The fourth-order valence-corrected chi connectivity index (χ4v) is 3.73. The van der Waals surface area contributed by atoms with Crippen molar-refractivity contribution < 1.29 is 5.11 Å². The summed E-state index contributed by atoms with van der Waals surface area (Å²) >= 11 is 0. The first-order chi connectivity index (χ1) is 12.3. The summed E-state index contributed by atoms with van der Waals surface area (Å²) < 4.78 is 0. The summed E-state index contributed by atoms with van der Waals surface area (Å²) in [7, 11) is 0. The Morgan fingerprint density at radius 1 is 1.00 bits per heavy atom. The van der Waals surface area contributed by atoms with E-state index in [1.54, 1.807) is 0 Å². The Morgan fingerprint density at radius 3 is 2.52 bits per heavy atom. The Labute approximate surface area is 151 Å². The summed E-state index contributed by atoms with van der Waals surface area (Å²) in [4.78, 5) is 5.11. The van der Waals surface area contributed by atoms with Gasteiger partial charge in [-0.3, -0.25) is 4.90 Å². The summed E-state index contributed by atoms with van der Waals surface area (Å²) in [6, 6.07) is 19.8. The summed E-state index contributed by atoms with van der Waals surface area (Å²) in [6.07, 6.45) is 1.96. The molecule has 3 rings (SSSR count). The topological polar surface area (TPSA) is 26.7 Å². The average molecular weight is 338 g/mol. The number of piperazine rings is 1. The van der Waals surface area contributed by atoms with Gasteiger partial charge in [0.15, 0.2) is 0 Å². The van der Waals surface area contributed by atoms with Gasteiger partial charge in [0.1, 0.15) is 0 Å². The lowest BCUT2D eigenvalue weighted by atomic mass is 10.0. The van der Waals surface area contributed by atoms with Crippen LogP contribution in [0, 0.1) is 6.92 Å². The van der Waals surface area contributed by atoms with Gasteiger partial charge in [-0.05, 0) is 36.5 Å². The normalized spacial score (nSPS) is 19.2. The molecular formula is C22H30N2O. The van der Waals surface area contributed by atoms with Gasteiger partial charge >= 0.3 is 0 Å². The molecule has 1 unspecified atom stereocenters. The predicted octanol–water partition coefficient (Wildman–Crippen LogP) is 3.11. The molecule has 2 aromatic rings. The number of aliphatic hydroxyl groups excluding tert-OH is 1. The van der Waals surface area contributed by atoms with Crippen LogP contribution in [0.2, 0.25) is 0 Å². The van der Waals surface area contributed by atoms with E-state index in [-0.39, 0.29) is 6.61 Å². The van der Waals surface area contributed by atoms with E-state index in [1.807, 2.05) is 0 Å². The van der Waals surface area contributed by atoms with Gasteiger partial charge in [-0.25, -0.2) is 0 Å². The van der Waals surface area contributed by atoms with Crippen molar-refractivity contribution in [3.05, 3.63) is 71.3 Å². The minimum Gasteiger partial charge on any atom is -0.396 e. The number of hydrogen-bond donors (Lipinski definition) is 1. The van der Waals surface area contributed by atoms with Crippen molar-refractivity contribution in [3.63, 3.8) is 0 Å². The number of aryl methyl sites for hydroxylation is 1. The van der Waals surface area contributed by atoms with Crippen molar-refractivity contribution in [2.75, 3.05) is 32.8 Å². The Bertz CT molecular complexity index is 643. The molecule has 2 aromatic carbocycles. The van der Waals surface area contributed by atoms with Crippen molar-refractivity contribution in [1.82, 2.24) is 9.80 Å². The van der Waals surface area contributed by atoms with Gasteiger partial charge in [0, 0.05) is 45.4 Å². The third-order valence-electron chi connectivity index (χ3n) is 5.35. The molecule has 134 valence electrons. The minimum atomic E-state index is 0.265. The maximum absolute atomic E-state index is 9.51. The van der Waals surface area contributed by atoms with Gasteiger partial charge in [-0.15, -0.1) is 0 Å². The third kappa shape index (κ3) is 5.15. The van der Waals surface area contributed by atoms with Crippen LogP contribution in [-0.2, 0) is 13.0 Å². The van der Waals surface area contributed by atoms with Crippen LogP contribution < -0.4 is 0 Å². The summed E-state index contributed by atoms with van der Waals surface area (Å²) in [5.74, 6) is 0. The molecule has 1 heterocycles. The molecule has 1 atom stereocenters. The van der Waals surface area contributed by atoms with Crippen molar-refractivity contribution in [1.29, 1.82) is 0 Å². The highest BCUT2D eigenvalue weighted by molar-refractivity contribution is 5.25. The van der Waals surface area contributed by atoms with Crippen LogP contribution in [0.4, 0.5) is 0 Å². The van der Waals surface area contributed by atoms with E-state index in [0.29, 0.717) is 6.04 Å². The van der Waals surface area contributed by atoms with Gasteiger partial charge in [0.05, 0.1) is 0 Å². The lowest BCUT2D eigenvalue weighted by molar-refractivity contribution is 0.0542. The molecule has 1 fully saturated rings. The van der Waals surface area contributed by atoms with Crippen LogP contribution in [0.25, 0.3) is 0 Å². The van der Waals surface area contributed by atoms with Crippen LogP contribution in [0.1, 0.15) is 23.1 Å². The van der Waals surface area contributed by atoms with E-state index in [9.17, 15) is 5.11 Å². The van der Waals surface area contributed by atoms with E-state index in [1.165, 1.54) is 16.7 Å². The molecule has 0 saturated carbocycles. The first kappa shape index (κ1) is 18.1. The third-order valence-corrected chi connectivity index (χ3v) is 5.35. The molecule has 1 saturated heterocycles. The Morgan fingerprint density at radius 2 is 1.76 bits per heavy atom. The molecular weight excluding hydrogens is 308 g/mol. The van der Waals surface area contributed by atoms with E-state index in [0.717, 1.165) is 45.6 Å². The molecule has 0 aromatic heterocycles. The molecule has 25 heavy (non-hydrogen) atoms. The standard InChI is InChI=1S/C22H30N2O/c1-19-7-5-6-10-21(19)17-24-15-14-23(18-22(24)12-16-25)13-11-20-8-3-2-4-9-20/h2-10,22,25H,11-18H2,1H3. The molecule has 0 amide bonds. The molecule has 1 aliphatic heterocycles. The number of nitrogens with zero attached hydrogens (tertiary/aromatic N) is 2. The largest absolute Gasteiger partial charge is 0.396 e. The summed E-state index contributed by atoms with van der Waals surface area (Å²) in [5.41, 5.74) is 4.17. The number of hydrogen-bond acceptors (Lipinski definition) is 3. The van der Waals surface area contributed by atoms with Crippen molar-refractivity contribution in [2.45, 2.75) is 32.4 Å². The molecule has 1 N–H and O–H groups in total. The molecule has 1 aliphatic rings. The van der Waals surface area contributed by atoms with E-state index >= 15 is 0 Å². The van der Waals surface area contributed by atoms with Crippen LogP contribution in [-0.4, -0.2) is 53.7 Å². The Kier molecular flexibility index (Phi) is 6.62. The minimum absolute atomic E-state index is 0.265. The fraction of sp³-hybridized carbons (Fsp3) is 0.455. The van der Waals surface area contributed by atoms with Crippen molar-refractivity contribution in [3.8, 4) is 0 Å². The van der Waals surface area contributed by atoms with Crippen LogP contribution in [0.3, 0.4) is 0 Å². The maximum Gasteiger partial charge on any atom is 0.0446 e. The number of benzene rings is 2. The predicted molar refractivity (Wildman–Crippen MR) is 104 cm³/mol. The second kappa shape index (κ2) is 9.14. The summed E-state index contributed by atoms with van der Waals surface area (Å²) in [6.45, 7) is 7.79. The molecule has 3 nitrogen and oxygen atoms in total. The van der Waals surface area contributed by atoms with Gasteiger partial charge in [-0.1, -0.05) is 54.6 Å². The maximum atomic E-state index is 9.51. The zero-order valence-corrected chi connectivity index (χ0v) is 15.3. The Hall–Kier alpha value is -1.68. The second-order valence-electron chi connectivity index (χ2n) is 7.10. The number of rotatable bonds is 7. The first-order valence-corrected chi connectivity index (χ1v) is 9.42. The molecule has 3 heteroatoms. The zero-order chi connectivity index (χ0) is 17.5. The van der Waals surface area contributed by atoms with Crippen molar-refractivity contribution >= 4 is 0 Å². The lowest BCUT2D eigenvalue weighted by Gasteiger charge is -2.41. The molecule has 0 bridgehead atoms. The van der Waals surface area contributed by atoms with E-state index < -0.39 is 0 Å². The van der Waals surface area contributed by atoms with Crippen LogP contribution in [0.5, 0.6) is 0 Å².